The molecule has 0 aliphatic carbocycles. The molecule has 3 nitrogen and oxygen atoms in total. The number of hydrogen-bond acceptors (Lipinski definition) is 2. The van der Waals surface area contributed by atoms with Crippen LogP contribution in [-0.4, -0.2) is 25.5 Å². The zero-order chi connectivity index (χ0) is 12.8. The van der Waals surface area contributed by atoms with Crippen LogP contribution < -0.4 is 10.6 Å². The number of carbonyl (C=O) groups excluding carboxylic acids is 1. The van der Waals surface area contributed by atoms with Gasteiger partial charge in [0.2, 0.25) is 5.91 Å². The van der Waals surface area contributed by atoms with Crippen molar-refractivity contribution >= 4 is 5.91 Å². The molecule has 0 spiro atoms. The van der Waals surface area contributed by atoms with E-state index in [1.165, 1.54) is 6.42 Å². The summed E-state index contributed by atoms with van der Waals surface area (Å²) in [7, 11) is 0. The highest BCUT2D eigenvalue weighted by Crippen LogP contribution is 1.97. The lowest BCUT2D eigenvalue weighted by molar-refractivity contribution is -0.121. The molecule has 0 saturated carbocycles. The normalized spacial score (nSPS) is 9.62. The van der Waals surface area contributed by atoms with Crippen molar-refractivity contribution in [2.24, 2.45) is 5.92 Å². The Morgan fingerprint density at radius 1 is 1.19 bits per heavy atom. The fourth-order valence-corrected chi connectivity index (χ4v) is 1.19. The fraction of sp³-hybridized carbons (Fsp3) is 0.923. The molecule has 100 valence electrons. The predicted molar refractivity (Wildman–Crippen MR) is 73.7 cm³/mol. The van der Waals surface area contributed by atoms with Gasteiger partial charge >= 0.3 is 0 Å². The predicted octanol–water partition coefficient (Wildman–Crippen LogP) is 2.81. The molecule has 16 heavy (non-hydrogen) atoms. The van der Waals surface area contributed by atoms with Gasteiger partial charge in [0.1, 0.15) is 0 Å². The maximum Gasteiger partial charge on any atom is 0.220 e. The minimum atomic E-state index is 0. The van der Waals surface area contributed by atoms with E-state index in [1.807, 2.05) is 13.8 Å². The van der Waals surface area contributed by atoms with Crippen molar-refractivity contribution in [1.29, 1.82) is 0 Å². The Hall–Kier alpha value is -0.570. The monoisotopic (exact) mass is 232 g/mol. The Kier molecular flexibility index (Phi) is 16.1. The van der Waals surface area contributed by atoms with Crippen molar-refractivity contribution in [1.82, 2.24) is 10.6 Å². The summed E-state index contributed by atoms with van der Waals surface area (Å²) in [5.74, 6) is 0.628. The average Bonchev–Trinajstić information content (AvgIpc) is 2.25. The van der Waals surface area contributed by atoms with Gasteiger partial charge in [0, 0.05) is 14.4 Å². The quantitative estimate of drug-likeness (QED) is 0.632. The highest BCUT2D eigenvalue weighted by molar-refractivity contribution is 5.75. The molecule has 2 N–H and O–H groups in total. The van der Waals surface area contributed by atoms with Gasteiger partial charge in [0.25, 0.3) is 0 Å². The van der Waals surface area contributed by atoms with Gasteiger partial charge in [-0.2, -0.15) is 0 Å². The average molecular weight is 232 g/mol. The summed E-state index contributed by atoms with van der Waals surface area (Å²) in [6, 6.07) is 0. The van der Waals surface area contributed by atoms with Crippen molar-refractivity contribution in [3.63, 3.8) is 0 Å². The highest BCUT2D eigenvalue weighted by atomic mass is 16.1. The zero-order valence-corrected chi connectivity index (χ0v) is 11.7. The van der Waals surface area contributed by atoms with Gasteiger partial charge in [0.15, 0.2) is 0 Å². The molecule has 0 aliphatic rings. The van der Waals surface area contributed by atoms with Gasteiger partial charge in [-0.1, -0.05) is 34.6 Å². The lowest BCUT2D eigenvalue weighted by Crippen LogP contribution is -2.28. The maximum absolute atomic E-state index is 11.2. The Balaban J connectivity index is -0.000000616. The Bertz CT molecular complexity index is 152. The Morgan fingerprint density at radius 3 is 2.31 bits per heavy atom. The second-order valence-electron chi connectivity index (χ2n) is 4.05. The smallest absolute Gasteiger partial charge is 0.220 e. The summed E-state index contributed by atoms with van der Waals surface area (Å²) in [6.07, 6.45) is 2.83. The third-order valence-electron chi connectivity index (χ3n) is 1.87. The summed E-state index contributed by atoms with van der Waals surface area (Å²) in [6.45, 7) is 13.1. The third kappa shape index (κ3) is 15.9. The second kappa shape index (κ2) is 14.4. The molecule has 0 bridgehead atoms. The van der Waals surface area contributed by atoms with E-state index in [4.69, 9.17) is 0 Å². The van der Waals surface area contributed by atoms with Crippen molar-refractivity contribution in [2.45, 2.75) is 53.9 Å². The lowest BCUT2D eigenvalue weighted by Gasteiger charge is -2.07. The van der Waals surface area contributed by atoms with E-state index < -0.39 is 0 Å². The minimum absolute atomic E-state index is 0. The molecule has 0 aromatic rings. The molecule has 0 aliphatic heterocycles. The van der Waals surface area contributed by atoms with E-state index in [0.29, 0.717) is 12.3 Å². The first-order chi connectivity index (χ1) is 7.66. The molecular formula is C13H32N2O. The first-order valence-electron chi connectivity index (χ1n) is 6.64. The van der Waals surface area contributed by atoms with Crippen LogP contribution in [0.4, 0.5) is 0 Å². The SMILES string of the molecule is CC.CCCNCCCNC(=O)CC(C)C.[HH]. The number of hydrogen-bond donors (Lipinski definition) is 2. The van der Waals surface area contributed by atoms with E-state index in [9.17, 15) is 4.79 Å². The summed E-state index contributed by atoms with van der Waals surface area (Å²) in [5, 5.41) is 6.21. The molecule has 0 unspecified atom stereocenters. The Morgan fingerprint density at radius 2 is 1.81 bits per heavy atom. The highest BCUT2D eigenvalue weighted by Gasteiger charge is 2.02. The molecule has 0 heterocycles. The van der Waals surface area contributed by atoms with Crippen LogP contribution in [0.25, 0.3) is 0 Å². The van der Waals surface area contributed by atoms with E-state index in [2.05, 4.69) is 31.4 Å². The Labute approximate surface area is 103 Å². The van der Waals surface area contributed by atoms with Gasteiger partial charge in [-0.15, -0.1) is 0 Å². The van der Waals surface area contributed by atoms with Gasteiger partial charge in [0.05, 0.1) is 0 Å². The third-order valence-corrected chi connectivity index (χ3v) is 1.87. The molecule has 0 rings (SSSR count). The van der Waals surface area contributed by atoms with Crippen molar-refractivity contribution < 1.29 is 6.22 Å². The van der Waals surface area contributed by atoms with Gasteiger partial charge in [-0.3, -0.25) is 4.79 Å². The van der Waals surface area contributed by atoms with Crippen LogP contribution in [0.1, 0.15) is 55.3 Å². The standard InChI is InChI=1S/C11H24N2O.C2H6.H2/c1-4-6-12-7-5-8-13-11(14)9-10(2)3;1-2;/h10,12H,4-9H2,1-3H3,(H,13,14);1-2H3;1H. The molecule has 0 aromatic carbocycles. The minimum Gasteiger partial charge on any atom is -0.356 e. The zero-order valence-electron chi connectivity index (χ0n) is 11.7. The van der Waals surface area contributed by atoms with Crippen LogP contribution in [0.2, 0.25) is 0 Å². The van der Waals surface area contributed by atoms with Crippen LogP contribution in [0.15, 0.2) is 0 Å². The van der Waals surface area contributed by atoms with E-state index in [0.717, 1.165) is 26.1 Å². The number of amides is 1. The van der Waals surface area contributed by atoms with Crippen LogP contribution in [0.3, 0.4) is 0 Å². The van der Waals surface area contributed by atoms with Gasteiger partial charge in [-0.05, 0) is 31.8 Å². The summed E-state index contributed by atoms with van der Waals surface area (Å²) in [4.78, 5) is 11.2. The maximum atomic E-state index is 11.2. The number of carbonyl (C=O) groups is 1. The molecule has 0 fully saturated rings. The fourth-order valence-electron chi connectivity index (χ4n) is 1.19. The first kappa shape index (κ1) is 17.8. The largest absolute Gasteiger partial charge is 0.356 e. The van der Waals surface area contributed by atoms with Crippen molar-refractivity contribution in [2.75, 3.05) is 19.6 Å². The summed E-state index contributed by atoms with van der Waals surface area (Å²) >= 11 is 0. The molecule has 3 heteroatoms. The number of rotatable bonds is 8. The van der Waals surface area contributed by atoms with Crippen LogP contribution in [0.5, 0.6) is 0 Å². The first-order valence-corrected chi connectivity index (χ1v) is 6.64. The van der Waals surface area contributed by atoms with E-state index in [1.54, 1.807) is 0 Å². The van der Waals surface area contributed by atoms with Gasteiger partial charge < -0.3 is 10.6 Å². The van der Waals surface area contributed by atoms with E-state index in [-0.39, 0.29) is 7.33 Å². The molecule has 0 saturated heterocycles. The summed E-state index contributed by atoms with van der Waals surface area (Å²) in [5.41, 5.74) is 0. The molecule has 0 radical (unpaired) electrons. The molecule has 1 amide bonds. The molecular weight excluding hydrogens is 200 g/mol. The summed E-state index contributed by atoms with van der Waals surface area (Å²) < 4.78 is 0. The van der Waals surface area contributed by atoms with E-state index >= 15 is 0 Å². The van der Waals surface area contributed by atoms with Crippen LogP contribution in [0, 0.1) is 5.92 Å². The van der Waals surface area contributed by atoms with Gasteiger partial charge in [-0.25, -0.2) is 0 Å². The van der Waals surface area contributed by atoms with Crippen molar-refractivity contribution in [3.05, 3.63) is 0 Å². The lowest BCUT2D eigenvalue weighted by atomic mass is 10.1. The van der Waals surface area contributed by atoms with Crippen molar-refractivity contribution in [3.8, 4) is 0 Å². The van der Waals surface area contributed by atoms with Crippen LogP contribution in [-0.2, 0) is 4.79 Å². The molecule has 0 aromatic heterocycles. The molecule has 0 atom stereocenters. The van der Waals surface area contributed by atoms with Crippen LogP contribution >= 0.6 is 0 Å². The second-order valence-corrected chi connectivity index (χ2v) is 4.05. The number of nitrogens with one attached hydrogen (secondary N) is 2. The topological polar surface area (TPSA) is 41.1 Å².